The highest BCUT2D eigenvalue weighted by atomic mass is 79.9. The molecule has 0 fully saturated rings. The summed E-state index contributed by atoms with van der Waals surface area (Å²) in [5, 5.41) is 0. The predicted octanol–water partition coefficient (Wildman–Crippen LogP) is 2.01. The van der Waals surface area contributed by atoms with E-state index in [1.54, 1.807) is 17.7 Å². The lowest BCUT2D eigenvalue weighted by Gasteiger charge is -2.11. The second kappa shape index (κ2) is 5.31. The Labute approximate surface area is 118 Å². The van der Waals surface area contributed by atoms with Crippen molar-refractivity contribution in [1.29, 1.82) is 0 Å². The van der Waals surface area contributed by atoms with Gasteiger partial charge in [-0.3, -0.25) is 4.57 Å². The molecule has 0 saturated heterocycles. The Bertz CT molecular complexity index is 625. The summed E-state index contributed by atoms with van der Waals surface area (Å²) in [7, 11) is 2.83. The van der Waals surface area contributed by atoms with Crippen molar-refractivity contribution >= 4 is 27.7 Å². The number of carbonyl (C=O) groups excluding carboxylic acids is 1. The molecule has 0 aliphatic carbocycles. The number of hydrogen-bond acceptors (Lipinski definition) is 5. The summed E-state index contributed by atoms with van der Waals surface area (Å²) in [4.78, 5) is 15.4. The van der Waals surface area contributed by atoms with Crippen molar-refractivity contribution in [2.45, 2.75) is 0 Å². The molecule has 0 aliphatic heterocycles. The van der Waals surface area contributed by atoms with E-state index in [2.05, 4.69) is 25.7 Å². The number of halogens is 1. The van der Waals surface area contributed by atoms with Gasteiger partial charge in [-0.05, 0) is 18.2 Å². The molecule has 0 spiro atoms. The average Bonchev–Trinajstić information content (AvgIpc) is 2.79. The Balaban J connectivity index is 2.57. The molecule has 7 heteroatoms. The van der Waals surface area contributed by atoms with Crippen LogP contribution in [-0.4, -0.2) is 29.7 Å². The third-order valence-corrected chi connectivity index (χ3v) is 3.08. The number of methoxy groups -OCH3 is 2. The van der Waals surface area contributed by atoms with Gasteiger partial charge in [0.1, 0.15) is 17.9 Å². The molecule has 1 heterocycles. The highest BCUT2D eigenvalue weighted by molar-refractivity contribution is 9.10. The van der Waals surface area contributed by atoms with Crippen molar-refractivity contribution in [1.82, 2.24) is 9.55 Å². The Morgan fingerprint density at radius 1 is 1.42 bits per heavy atom. The normalized spacial score (nSPS) is 10.3. The Hall–Kier alpha value is -2.02. The zero-order valence-electron chi connectivity index (χ0n) is 10.4. The van der Waals surface area contributed by atoms with E-state index >= 15 is 0 Å². The van der Waals surface area contributed by atoms with Crippen LogP contribution in [0.15, 0.2) is 29.0 Å². The van der Waals surface area contributed by atoms with E-state index in [-0.39, 0.29) is 11.5 Å². The molecule has 2 rings (SSSR count). The van der Waals surface area contributed by atoms with Crippen LogP contribution in [0.25, 0.3) is 5.69 Å². The molecular weight excluding hydrogens is 314 g/mol. The van der Waals surface area contributed by atoms with Gasteiger partial charge in [-0.2, -0.15) is 0 Å². The molecule has 0 bridgehead atoms. The van der Waals surface area contributed by atoms with Crippen LogP contribution in [0.1, 0.15) is 10.5 Å². The quantitative estimate of drug-likeness (QED) is 0.873. The molecule has 0 aliphatic rings. The molecule has 0 atom stereocenters. The van der Waals surface area contributed by atoms with Crippen molar-refractivity contribution in [2.24, 2.45) is 0 Å². The smallest absolute Gasteiger partial charge is 0.360 e. The lowest BCUT2D eigenvalue weighted by Crippen LogP contribution is -2.08. The molecule has 1 aromatic heterocycles. The SMILES string of the molecule is COC(=O)c1ncn(-c2cc(Br)ccc2OC)c1N. The predicted molar refractivity (Wildman–Crippen MR) is 73.6 cm³/mol. The standard InChI is InChI=1S/C12H12BrN3O3/c1-18-9-4-3-7(13)5-8(9)16-6-15-10(11(16)14)12(17)19-2/h3-6H,14H2,1-2H3. The largest absolute Gasteiger partial charge is 0.495 e. The highest BCUT2D eigenvalue weighted by Crippen LogP contribution is 2.29. The van der Waals surface area contributed by atoms with Crippen LogP contribution < -0.4 is 10.5 Å². The number of ether oxygens (including phenoxy) is 2. The molecule has 0 amide bonds. The number of nitrogens with zero attached hydrogens (tertiary/aromatic N) is 2. The number of carbonyl (C=O) groups is 1. The van der Waals surface area contributed by atoms with Gasteiger partial charge in [0.15, 0.2) is 5.69 Å². The van der Waals surface area contributed by atoms with Gasteiger partial charge >= 0.3 is 5.97 Å². The van der Waals surface area contributed by atoms with Crippen molar-refractivity contribution in [2.75, 3.05) is 20.0 Å². The number of benzene rings is 1. The molecule has 2 aromatic rings. The number of imidazole rings is 1. The minimum atomic E-state index is -0.579. The second-order valence-electron chi connectivity index (χ2n) is 3.66. The van der Waals surface area contributed by atoms with Gasteiger partial charge in [0.25, 0.3) is 0 Å². The summed E-state index contributed by atoms with van der Waals surface area (Å²) in [6.45, 7) is 0. The maximum atomic E-state index is 11.5. The topological polar surface area (TPSA) is 79.4 Å². The molecule has 0 radical (unpaired) electrons. The maximum absolute atomic E-state index is 11.5. The van der Waals surface area contributed by atoms with Crippen LogP contribution in [0.4, 0.5) is 5.82 Å². The molecule has 0 saturated carbocycles. The third-order valence-electron chi connectivity index (χ3n) is 2.58. The van der Waals surface area contributed by atoms with E-state index in [0.29, 0.717) is 11.4 Å². The van der Waals surface area contributed by atoms with Crippen LogP contribution in [0, 0.1) is 0 Å². The minimum Gasteiger partial charge on any atom is -0.495 e. The zero-order chi connectivity index (χ0) is 14.0. The van der Waals surface area contributed by atoms with Crippen molar-refractivity contribution in [3.8, 4) is 11.4 Å². The van der Waals surface area contributed by atoms with Crippen molar-refractivity contribution in [3.05, 3.63) is 34.7 Å². The van der Waals surface area contributed by atoms with E-state index in [4.69, 9.17) is 10.5 Å². The first-order valence-electron chi connectivity index (χ1n) is 5.33. The summed E-state index contributed by atoms with van der Waals surface area (Å²) >= 11 is 3.38. The van der Waals surface area contributed by atoms with E-state index in [9.17, 15) is 4.79 Å². The summed E-state index contributed by atoms with van der Waals surface area (Å²) in [5.74, 6) is 0.233. The molecule has 6 nitrogen and oxygen atoms in total. The Morgan fingerprint density at radius 3 is 2.79 bits per heavy atom. The molecule has 100 valence electrons. The fourth-order valence-electron chi connectivity index (χ4n) is 1.66. The number of nitrogen functional groups attached to an aromatic ring is 1. The minimum absolute atomic E-state index is 0.0736. The molecule has 0 unspecified atom stereocenters. The van der Waals surface area contributed by atoms with Gasteiger partial charge in [-0.25, -0.2) is 9.78 Å². The first-order chi connectivity index (χ1) is 9.08. The number of esters is 1. The van der Waals surface area contributed by atoms with Gasteiger partial charge in [-0.1, -0.05) is 15.9 Å². The summed E-state index contributed by atoms with van der Waals surface area (Å²) in [5.41, 5.74) is 6.67. The van der Waals surface area contributed by atoms with Crippen LogP contribution in [0.2, 0.25) is 0 Å². The fourth-order valence-corrected chi connectivity index (χ4v) is 2.00. The fraction of sp³-hybridized carbons (Fsp3) is 0.167. The van der Waals surface area contributed by atoms with Crippen LogP contribution >= 0.6 is 15.9 Å². The highest BCUT2D eigenvalue weighted by Gasteiger charge is 2.18. The zero-order valence-corrected chi connectivity index (χ0v) is 12.0. The van der Waals surface area contributed by atoms with E-state index in [1.165, 1.54) is 13.4 Å². The van der Waals surface area contributed by atoms with Gasteiger partial charge < -0.3 is 15.2 Å². The summed E-state index contributed by atoms with van der Waals surface area (Å²) in [6, 6.07) is 5.45. The Kier molecular flexibility index (Phi) is 3.75. The van der Waals surface area contributed by atoms with E-state index < -0.39 is 5.97 Å². The molecule has 19 heavy (non-hydrogen) atoms. The summed E-state index contributed by atoms with van der Waals surface area (Å²) < 4.78 is 12.3. The maximum Gasteiger partial charge on any atom is 0.360 e. The Morgan fingerprint density at radius 2 is 2.16 bits per heavy atom. The lowest BCUT2D eigenvalue weighted by atomic mass is 10.3. The van der Waals surface area contributed by atoms with E-state index in [0.717, 1.165) is 4.47 Å². The average molecular weight is 326 g/mol. The van der Waals surface area contributed by atoms with Crippen molar-refractivity contribution in [3.63, 3.8) is 0 Å². The van der Waals surface area contributed by atoms with Crippen LogP contribution in [0.3, 0.4) is 0 Å². The number of aromatic nitrogens is 2. The van der Waals surface area contributed by atoms with Crippen LogP contribution in [-0.2, 0) is 4.74 Å². The molecular formula is C12H12BrN3O3. The third kappa shape index (κ3) is 2.41. The van der Waals surface area contributed by atoms with E-state index in [1.807, 2.05) is 12.1 Å². The lowest BCUT2D eigenvalue weighted by molar-refractivity contribution is 0.0596. The van der Waals surface area contributed by atoms with Gasteiger partial charge in [0, 0.05) is 4.47 Å². The number of rotatable bonds is 3. The monoisotopic (exact) mass is 325 g/mol. The number of nitrogens with two attached hydrogens (primary N) is 1. The van der Waals surface area contributed by atoms with Gasteiger partial charge in [0.05, 0.1) is 19.9 Å². The number of hydrogen-bond donors (Lipinski definition) is 1. The van der Waals surface area contributed by atoms with Crippen LogP contribution in [0.5, 0.6) is 5.75 Å². The summed E-state index contributed by atoms with van der Waals surface area (Å²) in [6.07, 6.45) is 1.45. The van der Waals surface area contributed by atoms with Gasteiger partial charge in [0.2, 0.25) is 0 Å². The first-order valence-corrected chi connectivity index (χ1v) is 6.12. The number of anilines is 1. The van der Waals surface area contributed by atoms with Crippen molar-refractivity contribution < 1.29 is 14.3 Å². The molecule has 2 N–H and O–H groups in total. The van der Waals surface area contributed by atoms with Gasteiger partial charge in [-0.15, -0.1) is 0 Å². The second-order valence-corrected chi connectivity index (χ2v) is 4.57. The first kappa shape index (κ1) is 13.4. The molecule has 1 aromatic carbocycles.